The molecule has 0 amide bonds. The SMILES string of the molecule is COc1cnn(C)c1C(O)c1ncc(Cl)s1. The number of ether oxygens (including phenoxy) is 1. The van der Waals surface area contributed by atoms with Crippen molar-refractivity contribution in [1.82, 2.24) is 14.8 Å². The Morgan fingerprint density at radius 2 is 2.31 bits per heavy atom. The highest BCUT2D eigenvalue weighted by atomic mass is 35.5. The fraction of sp³-hybridized carbons (Fsp3) is 0.333. The van der Waals surface area contributed by atoms with Crippen molar-refractivity contribution in [3.63, 3.8) is 0 Å². The number of aliphatic hydroxyl groups is 1. The van der Waals surface area contributed by atoms with Crippen LogP contribution in [-0.2, 0) is 7.05 Å². The number of methoxy groups -OCH3 is 1. The lowest BCUT2D eigenvalue weighted by Gasteiger charge is -2.09. The van der Waals surface area contributed by atoms with Crippen molar-refractivity contribution in [1.29, 1.82) is 0 Å². The van der Waals surface area contributed by atoms with Gasteiger partial charge >= 0.3 is 0 Å². The fourth-order valence-corrected chi connectivity index (χ4v) is 2.33. The smallest absolute Gasteiger partial charge is 0.163 e. The highest BCUT2D eigenvalue weighted by Gasteiger charge is 2.22. The van der Waals surface area contributed by atoms with Crippen LogP contribution in [0.4, 0.5) is 0 Å². The van der Waals surface area contributed by atoms with E-state index in [4.69, 9.17) is 16.3 Å². The first-order chi connectivity index (χ1) is 7.63. The second-order valence-electron chi connectivity index (χ2n) is 3.13. The van der Waals surface area contributed by atoms with Crippen molar-refractivity contribution in [2.45, 2.75) is 6.10 Å². The molecular weight excluding hydrogens is 250 g/mol. The summed E-state index contributed by atoms with van der Waals surface area (Å²) in [5, 5.41) is 14.7. The summed E-state index contributed by atoms with van der Waals surface area (Å²) in [7, 11) is 3.26. The van der Waals surface area contributed by atoms with Crippen molar-refractivity contribution in [3.8, 4) is 5.75 Å². The van der Waals surface area contributed by atoms with Gasteiger partial charge in [-0.3, -0.25) is 4.68 Å². The fourth-order valence-electron chi connectivity index (χ4n) is 1.41. The second-order valence-corrected chi connectivity index (χ2v) is 4.82. The summed E-state index contributed by atoms with van der Waals surface area (Å²) in [5.41, 5.74) is 0.563. The topological polar surface area (TPSA) is 60.2 Å². The Hall–Kier alpha value is -1.11. The molecule has 0 aliphatic carbocycles. The van der Waals surface area contributed by atoms with Gasteiger partial charge in [-0.15, -0.1) is 11.3 Å². The van der Waals surface area contributed by atoms with Gasteiger partial charge in [0.2, 0.25) is 0 Å². The molecule has 7 heteroatoms. The summed E-state index contributed by atoms with van der Waals surface area (Å²) in [5.74, 6) is 0.529. The van der Waals surface area contributed by atoms with Crippen LogP contribution in [0.15, 0.2) is 12.4 Å². The zero-order valence-corrected chi connectivity index (χ0v) is 10.3. The van der Waals surface area contributed by atoms with Crippen molar-refractivity contribution in [3.05, 3.63) is 27.4 Å². The van der Waals surface area contributed by atoms with Crippen LogP contribution in [0.3, 0.4) is 0 Å². The number of hydrogen-bond donors (Lipinski definition) is 1. The van der Waals surface area contributed by atoms with Crippen LogP contribution < -0.4 is 4.74 Å². The molecule has 0 fully saturated rings. The third-order valence-corrected chi connectivity index (χ3v) is 3.32. The van der Waals surface area contributed by atoms with Gasteiger partial charge in [0.25, 0.3) is 0 Å². The number of aliphatic hydroxyl groups excluding tert-OH is 1. The average molecular weight is 260 g/mol. The highest BCUT2D eigenvalue weighted by molar-refractivity contribution is 7.15. The molecule has 1 unspecified atom stereocenters. The van der Waals surface area contributed by atoms with Crippen LogP contribution in [0.5, 0.6) is 5.75 Å². The van der Waals surface area contributed by atoms with Gasteiger partial charge in [-0.2, -0.15) is 5.10 Å². The number of thiazole rings is 1. The summed E-state index contributed by atoms with van der Waals surface area (Å²) < 4.78 is 7.21. The maximum atomic E-state index is 10.1. The Kier molecular flexibility index (Phi) is 3.13. The van der Waals surface area contributed by atoms with Gasteiger partial charge in [-0.1, -0.05) is 11.6 Å². The van der Waals surface area contributed by atoms with E-state index in [9.17, 15) is 5.11 Å². The maximum absolute atomic E-state index is 10.1. The van der Waals surface area contributed by atoms with E-state index in [2.05, 4.69) is 10.1 Å². The molecule has 0 aromatic carbocycles. The number of nitrogens with zero attached hydrogens (tertiary/aromatic N) is 3. The number of aromatic nitrogens is 3. The molecule has 0 aliphatic rings. The van der Waals surface area contributed by atoms with E-state index in [1.807, 2.05) is 0 Å². The normalized spacial score (nSPS) is 12.8. The molecule has 2 rings (SSSR count). The van der Waals surface area contributed by atoms with Crippen LogP contribution in [0.25, 0.3) is 0 Å². The minimum Gasteiger partial charge on any atom is -0.493 e. The Morgan fingerprint density at radius 1 is 1.56 bits per heavy atom. The monoisotopic (exact) mass is 259 g/mol. The number of hydrogen-bond acceptors (Lipinski definition) is 5. The minimum atomic E-state index is -0.875. The van der Waals surface area contributed by atoms with Crippen molar-refractivity contribution in [2.75, 3.05) is 7.11 Å². The van der Waals surface area contributed by atoms with E-state index < -0.39 is 6.10 Å². The Bertz CT molecular complexity index is 497. The van der Waals surface area contributed by atoms with Gasteiger partial charge in [0.1, 0.15) is 15.0 Å². The molecule has 2 aromatic heterocycles. The molecule has 0 aliphatic heterocycles. The van der Waals surface area contributed by atoms with E-state index in [1.165, 1.54) is 24.6 Å². The Labute approximate surface area is 101 Å². The lowest BCUT2D eigenvalue weighted by atomic mass is 10.2. The highest BCUT2D eigenvalue weighted by Crippen LogP contribution is 2.32. The quantitative estimate of drug-likeness (QED) is 0.910. The van der Waals surface area contributed by atoms with Gasteiger partial charge in [0, 0.05) is 7.05 Å². The molecule has 5 nitrogen and oxygen atoms in total. The molecule has 1 N–H and O–H groups in total. The first kappa shape index (κ1) is 11.4. The molecule has 2 aromatic rings. The third-order valence-electron chi connectivity index (χ3n) is 2.16. The van der Waals surface area contributed by atoms with Crippen molar-refractivity contribution < 1.29 is 9.84 Å². The largest absolute Gasteiger partial charge is 0.493 e. The van der Waals surface area contributed by atoms with E-state index >= 15 is 0 Å². The Morgan fingerprint density at radius 3 is 2.88 bits per heavy atom. The average Bonchev–Trinajstić information content (AvgIpc) is 2.83. The Balaban J connectivity index is 2.40. The molecule has 86 valence electrons. The van der Waals surface area contributed by atoms with Crippen LogP contribution >= 0.6 is 22.9 Å². The molecular formula is C9H10ClN3O2S. The van der Waals surface area contributed by atoms with Crippen LogP contribution in [-0.4, -0.2) is 27.0 Å². The lowest BCUT2D eigenvalue weighted by Crippen LogP contribution is -2.07. The van der Waals surface area contributed by atoms with Gasteiger partial charge in [0.15, 0.2) is 11.9 Å². The van der Waals surface area contributed by atoms with Crippen molar-refractivity contribution in [2.24, 2.45) is 7.05 Å². The van der Waals surface area contributed by atoms with E-state index in [0.717, 1.165) is 0 Å². The summed E-state index contributed by atoms with van der Waals surface area (Å²) in [6.07, 6.45) is 2.18. The second kappa shape index (κ2) is 4.40. The predicted molar refractivity (Wildman–Crippen MR) is 60.9 cm³/mol. The molecule has 0 spiro atoms. The molecule has 1 atom stereocenters. The lowest BCUT2D eigenvalue weighted by molar-refractivity contribution is 0.204. The van der Waals surface area contributed by atoms with Gasteiger partial charge in [-0.05, 0) is 0 Å². The van der Waals surface area contributed by atoms with E-state index in [1.54, 1.807) is 17.9 Å². The predicted octanol–water partition coefficient (Wildman–Crippen LogP) is 1.62. The molecule has 0 saturated carbocycles. The summed E-state index contributed by atoms with van der Waals surface area (Å²) in [6.45, 7) is 0. The van der Waals surface area contributed by atoms with Crippen molar-refractivity contribution >= 4 is 22.9 Å². The maximum Gasteiger partial charge on any atom is 0.163 e. The van der Waals surface area contributed by atoms with E-state index in [0.29, 0.717) is 20.8 Å². The molecule has 2 heterocycles. The first-order valence-corrected chi connectivity index (χ1v) is 5.68. The van der Waals surface area contributed by atoms with Crippen LogP contribution in [0, 0.1) is 0 Å². The van der Waals surface area contributed by atoms with Gasteiger partial charge in [0.05, 0.1) is 19.5 Å². The third kappa shape index (κ3) is 1.91. The zero-order chi connectivity index (χ0) is 11.7. The van der Waals surface area contributed by atoms with Gasteiger partial charge in [-0.25, -0.2) is 4.98 Å². The zero-order valence-electron chi connectivity index (χ0n) is 8.72. The summed E-state index contributed by atoms with van der Waals surface area (Å²) in [4.78, 5) is 4.03. The van der Waals surface area contributed by atoms with Crippen LogP contribution in [0.2, 0.25) is 4.34 Å². The first-order valence-electron chi connectivity index (χ1n) is 4.48. The summed E-state index contributed by atoms with van der Waals surface area (Å²) >= 11 is 7.00. The molecule has 0 saturated heterocycles. The van der Waals surface area contributed by atoms with Gasteiger partial charge < -0.3 is 9.84 Å². The number of halogens is 1. The standard InChI is InChI=1S/C9H10ClN3O2S/c1-13-7(5(15-2)3-12-13)8(14)9-11-4-6(10)16-9/h3-4,8,14H,1-2H3. The van der Waals surface area contributed by atoms with Crippen LogP contribution in [0.1, 0.15) is 16.8 Å². The minimum absolute atomic E-state index is 0.520. The molecule has 0 radical (unpaired) electrons. The molecule has 0 bridgehead atoms. The number of rotatable bonds is 3. The molecule has 16 heavy (non-hydrogen) atoms. The van der Waals surface area contributed by atoms with E-state index in [-0.39, 0.29) is 0 Å². The summed E-state index contributed by atoms with van der Waals surface area (Å²) in [6, 6.07) is 0. The number of aryl methyl sites for hydroxylation is 1.